The van der Waals surface area contributed by atoms with Crippen molar-refractivity contribution in [1.82, 2.24) is 0 Å². The minimum Gasteiger partial charge on any atom is -0.478 e. The predicted octanol–water partition coefficient (Wildman–Crippen LogP) is 4.97. The van der Waals surface area contributed by atoms with Crippen LogP contribution in [0.5, 0.6) is 0 Å². The molecule has 0 saturated carbocycles. The maximum absolute atomic E-state index is 13.9. The van der Waals surface area contributed by atoms with E-state index in [1.54, 1.807) is 0 Å². The summed E-state index contributed by atoms with van der Waals surface area (Å²) in [6, 6.07) is 11.9. The lowest BCUT2D eigenvalue weighted by Gasteiger charge is -2.19. The van der Waals surface area contributed by atoms with Crippen LogP contribution < -0.4 is 0 Å². The Bertz CT molecular complexity index is 657. The summed E-state index contributed by atoms with van der Waals surface area (Å²) in [6.45, 7) is 6.42. The van der Waals surface area contributed by atoms with Gasteiger partial charge in [-0.25, -0.2) is 9.18 Å². The number of benzene rings is 2. The van der Waals surface area contributed by atoms with Gasteiger partial charge in [-0.05, 0) is 41.3 Å². The molecule has 0 fully saturated rings. The molecule has 4 heteroatoms. The molecule has 110 valence electrons. The second-order valence-corrected chi connectivity index (χ2v) is 6.94. The molecule has 2 aromatic carbocycles. The van der Waals surface area contributed by atoms with Crippen molar-refractivity contribution in [3.05, 3.63) is 59.4 Å². The number of halogens is 1. The van der Waals surface area contributed by atoms with Crippen molar-refractivity contribution in [2.24, 2.45) is 0 Å². The standard InChI is InChI=1S/C17H17FO2S/c1-17(2,3)12-5-7-13(8-6-12)21-15-9-4-11(16(19)20)10-14(15)18/h4-10H,1-3H3,(H,19,20). The first-order chi connectivity index (χ1) is 9.77. The number of hydrogen-bond donors (Lipinski definition) is 1. The van der Waals surface area contributed by atoms with Gasteiger partial charge < -0.3 is 5.11 Å². The minimum absolute atomic E-state index is 0.0417. The molecule has 0 unspecified atom stereocenters. The summed E-state index contributed by atoms with van der Waals surface area (Å²) >= 11 is 1.29. The molecule has 2 nitrogen and oxygen atoms in total. The Balaban J connectivity index is 2.20. The summed E-state index contributed by atoms with van der Waals surface area (Å²) in [6.07, 6.45) is 0. The number of carboxylic acid groups (broad SMARTS) is 1. The van der Waals surface area contributed by atoms with Gasteiger partial charge in [0.1, 0.15) is 5.82 Å². The normalized spacial score (nSPS) is 11.4. The van der Waals surface area contributed by atoms with Gasteiger partial charge in [-0.1, -0.05) is 44.7 Å². The summed E-state index contributed by atoms with van der Waals surface area (Å²) in [5, 5.41) is 8.82. The SMILES string of the molecule is CC(C)(C)c1ccc(Sc2ccc(C(=O)O)cc2F)cc1. The maximum atomic E-state index is 13.9. The van der Waals surface area contributed by atoms with Crippen LogP contribution in [0.2, 0.25) is 0 Å². The predicted molar refractivity (Wildman–Crippen MR) is 82.6 cm³/mol. The fraction of sp³-hybridized carbons (Fsp3) is 0.235. The average molecular weight is 304 g/mol. The summed E-state index contributed by atoms with van der Waals surface area (Å²) in [4.78, 5) is 12.1. The van der Waals surface area contributed by atoms with Crippen LogP contribution in [-0.2, 0) is 5.41 Å². The molecule has 0 radical (unpaired) electrons. The maximum Gasteiger partial charge on any atom is 0.335 e. The molecule has 0 bridgehead atoms. The molecule has 0 aromatic heterocycles. The lowest BCUT2D eigenvalue weighted by Crippen LogP contribution is -2.10. The Morgan fingerprint density at radius 1 is 1.10 bits per heavy atom. The number of aromatic carboxylic acids is 1. The monoisotopic (exact) mass is 304 g/mol. The van der Waals surface area contributed by atoms with E-state index in [1.807, 2.05) is 24.3 Å². The highest BCUT2D eigenvalue weighted by atomic mass is 32.2. The van der Waals surface area contributed by atoms with Crippen LogP contribution in [0.15, 0.2) is 52.3 Å². The lowest BCUT2D eigenvalue weighted by atomic mass is 9.87. The van der Waals surface area contributed by atoms with Crippen LogP contribution in [0, 0.1) is 5.82 Å². The molecule has 0 aliphatic heterocycles. The molecule has 2 aromatic rings. The Labute approximate surface area is 128 Å². The lowest BCUT2D eigenvalue weighted by molar-refractivity contribution is 0.0696. The number of hydrogen-bond acceptors (Lipinski definition) is 2. The summed E-state index contributed by atoms with van der Waals surface area (Å²) in [7, 11) is 0. The van der Waals surface area contributed by atoms with Gasteiger partial charge in [-0.15, -0.1) is 0 Å². The van der Waals surface area contributed by atoms with E-state index in [1.165, 1.54) is 29.5 Å². The summed E-state index contributed by atoms with van der Waals surface area (Å²) < 4.78 is 13.9. The highest BCUT2D eigenvalue weighted by Gasteiger charge is 2.14. The molecule has 0 aliphatic rings. The van der Waals surface area contributed by atoms with Crippen molar-refractivity contribution in [1.29, 1.82) is 0 Å². The first kappa shape index (κ1) is 15.6. The molecule has 1 N–H and O–H groups in total. The molecule has 0 amide bonds. The van der Waals surface area contributed by atoms with Crippen LogP contribution in [0.4, 0.5) is 4.39 Å². The number of carboxylic acids is 1. The van der Waals surface area contributed by atoms with Gasteiger partial charge in [0.15, 0.2) is 0 Å². The van der Waals surface area contributed by atoms with Gasteiger partial charge in [0.25, 0.3) is 0 Å². The van der Waals surface area contributed by atoms with E-state index in [-0.39, 0.29) is 11.0 Å². The van der Waals surface area contributed by atoms with Gasteiger partial charge in [0, 0.05) is 9.79 Å². The third kappa shape index (κ3) is 3.85. The van der Waals surface area contributed by atoms with Gasteiger partial charge in [0.2, 0.25) is 0 Å². The minimum atomic E-state index is -1.13. The van der Waals surface area contributed by atoms with Crippen molar-refractivity contribution < 1.29 is 14.3 Å². The van der Waals surface area contributed by atoms with Crippen molar-refractivity contribution >= 4 is 17.7 Å². The molecular weight excluding hydrogens is 287 g/mol. The smallest absolute Gasteiger partial charge is 0.335 e. The molecule has 0 spiro atoms. The quantitative estimate of drug-likeness (QED) is 0.869. The van der Waals surface area contributed by atoms with E-state index in [4.69, 9.17) is 5.11 Å². The molecule has 0 aliphatic carbocycles. The largest absolute Gasteiger partial charge is 0.478 e. The summed E-state index contributed by atoms with van der Waals surface area (Å²) in [5.74, 6) is -1.64. The van der Waals surface area contributed by atoms with Crippen molar-refractivity contribution in [3.8, 4) is 0 Å². The Hall–Kier alpha value is -1.81. The highest BCUT2D eigenvalue weighted by molar-refractivity contribution is 7.99. The van der Waals surface area contributed by atoms with Crippen LogP contribution >= 0.6 is 11.8 Å². The fourth-order valence-corrected chi connectivity index (χ4v) is 2.69. The fourth-order valence-electron chi connectivity index (χ4n) is 1.87. The third-order valence-corrected chi connectivity index (χ3v) is 4.19. The second-order valence-electron chi connectivity index (χ2n) is 5.83. The van der Waals surface area contributed by atoms with Gasteiger partial charge in [-0.2, -0.15) is 0 Å². The molecule has 2 rings (SSSR count). The van der Waals surface area contributed by atoms with Crippen LogP contribution in [-0.4, -0.2) is 11.1 Å². The van der Waals surface area contributed by atoms with Crippen LogP contribution in [0.25, 0.3) is 0 Å². The molecular formula is C17H17FO2S. The molecule has 0 saturated heterocycles. The van der Waals surface area contributed by atoms with E-state index >= 15 is 0 Å². The second kappa shape index (κ2) is 5.90. The Morgan fingerprint density at radius 2 is 1.71 bits per heavy atom. The zero-order valence-electron chi connectivity index (χ0n) is 12.2. The number of carbonyl (C=O) groups is 1. The Morgan fingerprint density at radius 3 is 2.19 bits per heavy atom. The average Bonchev–Trinajstić information content (AvgIpc) is 2.40. The van der Waals surface area contributed by atoms with Crippen molar-refractivity contribution in [3.63, 3.8) is 0 Å². The van der Waals surface area contributed by atoms with E-state index in [0.29, 0.717) is 4.90 Å². The molecule has 21 heavy (non-hydrogen) atoms. The van der Waals surface area contributed by atoms with E-state index in [0.717, 1.165) is 11.0 Å². The number of rotatable bonds is 3. The van der Waals surface area contributed by atoms with Crippen LogP contribution in [0.1, 0.15) is 36.7 Å². The van der Waals surface area contributed by atoms with Crippen molar-refractivity contribution in [2.45, 2.75) is 36.0 Å². The van der Waals surface area contributed by atoms with Crippen LogP contribution in [0.3, 0.4) is 0 Å². The molecule has 0 heterocycles. The van der Waals surface area contributed by atoms with E-state index < -0.39 is 11.8 Å². The molecule has 0 atom stereocenters. The third-order valence-electron chi connectivity index (χ3n) is 3.13. The zero-order chi connectivity index (χ0) is 15.6. The van der Waals surface area contributed by atoms with Gasteiger partial charge >= 0.3 is 5.97 Å². The zero-order valence-corrected chi connectivity index (χ0v) is 13.0. The Kier molecular flexibility index (Phi) is 4.37. The summed E-state index contributed by atoms with van der Waals surface area (Å²) in [5.41, 5.74) is 1.26. The first-order valence-corrected chi connectivity index (χ1v) is 7.40. The topological polar surface area (TPSA) is 37.3 Å². The first-order valence-electron chi connectivity index (χ1n) is 6.58. The van der Waals surface area contributed by atoms with Gasteiger partial charge in [0.05, 0.1) is 5.56 Å². The van der Waals surface area contributed by atoms with E-state index in [9.17, 15) is 9.18 Å². The van der Waals surface area contributed by atoms with Gasteiger partial charge in [-0.3, -0.25) is 0 Å². The highest BCUT2D eigenvalue weighted by Crippen LogP contribution is 2.32. The van der Waals surface area contributed by atoms with Crippen molar-refractivity contribution in [2.75, 3.05) is 0 Å². The van der Waals surface area contributed by atoms with E-state index in [2.05, 4.69) is 20.8 Å².